The van der Waals surface area contributed by atoms with Crippen molar-refractivity contribution in [2.24, 2.45) is 0 Å². The summed E-state index contributed by atoms with van der Waals surface area (Å²) in [6.07, 6.45) is 2.02. The molecule has 92 valence electrons. The Labute approximate surface area is 104 Å². The van der Waals surface area contributed by atoms with E-state index in [9.17, 15) is 8.78 Å². The molecule has 0 aliphatic heterocycles. The molecule has 18 heavy (non-hydrogen) atoms. The predicted molar refractivity (Wildman–Crippen MR) is 67.3 cm³/mol. The van der Waals surface area contributed by atoms with Crippen molar-refractivity contribution >= 4 is 5.69 Å². The predicted octanol–water partition coefficient (Wildman–Crippen LogP) is 4.07. The number of rotatable bonds is 3. The third-order valence-corrected chi connectivity index (χ3v) is 3.38. The first kappa shape index (κ1) is 11.2. The van der Waals surface area contributed by atoms with Crippen LogP contribution in [0.2, 0.25) is 0 Å². The van der Waals surface area contributed by atoms with Crippen molar-refractivity contribution < 1.29 is 8.78 Å². The van der Waals surface area contributed by atoms with Crippen LogP contribution in [-0.2, 0) is 5.54 Å². The molecule has 3 rings (SSSR count). The molecule has 1 aliphatic carbocycles. The Bertz CT molecular complexity index is 562. The maximum absolute atomic E-state index is 13.2. The molecule has 2 aromatic carbocycles. The van der Waals surface area contributed by atoms with Crippen LogP contribution >= 0.6 is 0 Å². The fraction of sp³-hybridized carbons (Fsp3) is 0.200. The third kappa shape index (κ3) is 1.96. The highest BCUT2D eigenvalue weighted by Crippen LogP contribution is 2.48. The first-order valence-corrected chi connectivity index (χ1v) is 5.98. The summed E-state index contributed by atoms with van der Waals surface area (Å²) in [5.41, 5.74) is 1.70. The molecule has 0 saturated heterocycles. The minimum atomic E-state index is -0.816. The van der Waals surface area contributed by atoms with Gasteiger partial charge in [0.15, 0.2) is 11.6 Å². The van der Waals surface area contributed by atoms with E-state index in [-0.39, 0.29) is 5.54 Å². The van der Waals surface area contributed by atoms with E-state index in [4.69, 9.17) is 0 Å². The number of anilines is 1. The Morgan fingerprint density at radius 2 is 1.61 bits per heavy atom. The lowest BCUT2D eigenvalue weighted by Crippen LogP contribution is -2.18. The van der Waals surface area contributed by atoms with Crippen LogP contribution in [-0.4, -0.2) is 0 Å². The lowest BCUT2D eigenvalue weighted by Gasteiger charge is -2.19. The first-order valence-electron chi connectivity index (χ1n) is 5.98. The normalized spacial score (nSPS) is 16.3. The van der Waals surface area contributed by atoms with Gasteiger partial charge < -0.3 is 5.32 Å². The van der Waals surface area contributed by atoms with Crippen LogP contribution in [0.25, 0.3) is 0 Å². The number of benzene rings is 2. The summed E-state index contributed by atoms with van der Waals surface area (Å²) >= 11 is 0. The number of hydrogen-bond acceptors (Lipinski definition) is 1. The molecule has 3 heteroatoms. The van der Waals surface area contributed by atoms with Gasteiger partial charge in [0.2, 0.25) is 0 Å². The molecule has 0 amide bonds. The number of hydrogen-bond donors (Lipinski definition) is 1. The summed E-state index contributed by atoms with van der Waals surface area (Å²) in [5, 5.41) is 3.31. The summed E-state index contributed by atoms with van der Waals surface area (Å²) in [6.45, 7) is 0. The summed E-state index contributed by atoms with van der Waals surface area (Å²) in [7, 11) is 0. The Hall–Kier alpha value is -1.90. The van der Waals surface area contributed by atoms with E-state index in [2.05, 4.69) is 17.4 Å². The monoisotopic (exact) mass is 245 g/mol. The summed E-state index contributed by atoms with van der Waals surface area (Å²) in [5.74, 6) is -1.63. The second kappa shape index (κ2) is 4.09. The maximum Gasteiger partial charge on any atom is 0.160 e. The van der Waals surface area contributed by atoms with Crippen LogP contribution < -0.4 is 5.32 Å². The lowest BCUT2D eigenvalue weighted by atomic mass is 10.0. The van der Waals surface area contributed by atoms with Crippen LogP contribution in [0.15, 0.2) is 48.5 Å². The highest BCUT2D eigenvalue weighted by atomic mass is 19.2. The lowest BCUT2D eigenvalue weighted by molar-refractivity contribution is 0.509. The van der Waals surface area contributed by atoms with Gasteiger partial charge in [-0.3, -0.25) is 0 Å². The number of nitrogens with one attached hydrogen (secondary N) is 1. The second-order valence-electron chi connectivity index (χ2n) is 4.70. The van der Waals surface area contributed by atoms with E-state index >= 15 is 0 Å². The molecule has 1 saturated carbocycles. The van der Waals surface area contributed by atoms with E-state index in [0.717, 1.165) is 18.9 Å². The van der Waals surface area contributed by atoms with Crippen molar-refractivity contribution in [3.63, 3.8) is 0 Å². The van der Waals surface area contributed by atoms with Crippen LogP contribution in [0.4, 0.5) is 14.5 Å². The summed E-state index contributed by atoms with van der Waals surface area (Å²) in [6, 6.07) is 14.0. The first-order chi connectivity index (χ1) is 8.70. The Balaban J connectivity index is 1.86. The van der Waals surface area contributed by atoms with Gasteiger partial charge in [-0.1, -0.05) is 30.3 Å². The zero-order chi connectivity index (χ0) is 12.6. The largest absolute Gasteiger partial charge is 0.375 e. The van der Waals surface area contributed by atoms with Gasteiger partial charge in [0, 0.05) is 11.8 Å². The zero-order valence-electron chi connectivity index (χ0n) is 9.79. The fourth-order valence-electron chi connectivity index (χ4n) is 2.22. The van der Waals surface area contributed by atoms with Crippen LogP contribution in [0.3, 0.4) is 0 Å². The van der Waals surface area contributed by atoms with Crippen molar-refractivity contribution in [2.45, 2.75) is 18.4 Å². The Morgan fingerprint density at radius 1 is 0.889 bits per heavy atom. The van der Waals surface area contributed by atoms with Gasteiger partial charge in [-0.25, -0.2) is 8.78 Å². The van der Waals surface area contributed by atoms with Crippen molar-refractivity contribution in [1.82, 2.24) is 0 Å². The molecule has 1 N–H and O–H groups in total. The highest BCUT2D eigenvalue weighted by molar-refractivity contribution is 5.51. The molecule has 0 bridgehead atoms. The van der Waals surface area contributed by atoms with Gasteiger partial charge in [-0.2, -0.15) is 0 Å². The molecule has 1 nitrogen and oxygen atoms in total. The van der Waals surface area contributed by atoms with E-state index in [1.165, 1.54) is 11.6 Å². The molecule has 0 aromatic heterocycles. The third-order valence-electron chi connectivity index (χ3n) is 3.38. The maximum atomic E-state index is 13.2. The second-order valence-corrected chi connectivity index (χ2v) is 4.70. The Morgan fingerprint density at radius 3 is 2.22 bits per heavy atom. The Kier molecular flexibility index (Phi) is 2.54. The van der Waals surface area contributed by atoms with Gasteiger partial charge in [-0.05, 0) is 30.5 Å². The molecule has 0 spiro atoms. The summed E-state index contributed by atoms with van der Waals surface area (Å²) < 4.78 is 26.0. The average Bonchev–Trinajstić information content (AvgIpc) is 3.16. The average molecular weight is 245 g/mol. The molecule has 1 fully saturated rings. The van der Waals surface area contributed by atoms with Gasteiger partial charge in [0.05, 0.1) is 5.54 Å². The van der Waals surface area contributed by atoms with E-state index in [0.29, 0.717) is 5.69 Å². The van der Waals surface area contributed by atoms with Crippen LogP contribution in [0.5, 0.6) is 0 Å². The van der Waals surface area contributed by atoms with Crippen molar-refractivity contribution in [3.8, 4) is 0 Å². The van der Waals surface area contributed by atoms with Crippen molar-refractivity contribution in [2.75, 3.05) is 5.32 Å². The van der Waals surface area contributed by atoms with Gasteiger partial charge in [0.1, 0.15) is 0 Å². The van der Waals surface area contributed by atoms with E-state index < -0.39 is 11.6 Å². The van der Waals surface area contributed by atoms with Gasteiger partial charge >= 0.3 is 0 Å². The number of halogens is 2. The smallest absolute Gasteiger partial charge is 0.160 e. The minimum absolute atomic E-state index is 0.106. The van der Waals surface area contributed by atoms with Crippen LogP contribution in [0.1, 0.15) is 18.4 Å². The standard InChI is InChI=1S/C15H13F2N/c16-13-7-6-12(10-14(13)17)18-15(8-9-15)11-4-2-1-3-5-11/h1-7,10,18H,8-9H2. The van der Waals surface area contributed by atoms with Crippen molar-refractivity contribution in [1.29, 1.82) is 0 Å². The minimum Gasteiger partial charge on any atom is -0.375 e. The fourth-order valence-corrected chi connectivity index (χ4v) is 2.22. The zero-order valence-corrected chi connectivity index (χ0v) is 9.79. The molecular weight excluding hydrogens is 232 g/mol. The van der Waals surface area contributed by atoms with Gasteiger partial charge in [-0.15, -0.1) is 0 Å². The van der Waals surface area contributed by atoms with Gasteiger partial charge in [0.25, 0.3) is 0 Å². The topological polar surface area (TPSA) is 12.0 Å². The molecule has 0 radical (unpaired) electrons. The summed E-state index contributed by atoms with van der Waals surface area (Å²) in [4.78, 5) is 0. The quantitative estimate of drug-likeness (QED) is 0.859. The van der Waals surface area contributed by atoms with E-state index in [1.54, 1.807) is 6.07 Å². The molecule has 0 unspecified atom stereocenters. The molecule has 0 heterocycles. The van der Waals surface area contributed by atoms with Crippen LogP contribution in [0, 0.1) is 11.6 Å². The SMILES string of the molecule is Fc1ccc(NC2(c3ccccc3)CC2)cc1F. The van der Waals surface area contributed by atoms with Crippen molar-refractivity contribution in [3.05, 3.63) is 65.7 Å². The highest BCUT2D eigenvalue weighted by Gasteiger charge is 2.44. The molecule has 0 atom stereocenters. The molecular formula is C15H13F2N. The van der Waals surface area contributed by atoms with E-state index in [1.807, 2.05) is 18.2 Å². The molecule has 1 aliphatic rings. The molecule has 2 aromatic rings.